The summed E-state index contributed by atoms with van der Waals surface area (Å²) in [5, 5.41) is 3.03. The fraction of sp³-hybridized carbons (Fsp3) is 0.333. The molecule has 0 aromatic heterocycles. The molecular formula is C30H34FN3O4S. The second kappa shape index (κ2) is 12.4. The van der Waals surface area contributed by atoms with Crippen molar-refractivity contribution in [3.05, 3.63) is 95.8 Å². The molecule has 1 aliphatic rings. The number of benzene rings is 3. The van der Waals surface area contributed by atoms with E-state index in [9.17, 15) is 22.4 Å². The van der Waals surface area contributed by atoms with Crippen LogP contribution in [0.25, 0.3) is 0 Å². The standard InChI is InChI=1S/C30H34FN3O4S/c1-22-9-8-12-27(19-22)34(39(37,38)28-13-4-3-5-14-28)21-29(35)33(20-24-15-17-25(31)18-16-24)23(2)30(36)32-26-10-6-7-11-26/h3-5,8-9,12-19,23,26H,6-7,10-11,20-21H2,1-2H3,(H,32,36)/t23-/m0/s1. The molecular weight excluding hydrogens is 517 g/mol. The van der Waals surface area contributed by atoms with Gasteiger partial charge < -0.3 is 10.2 Å². The highest BCUT2D eigenvalue weighted by Crippen LogP contribution is 2.25. The van der Waals surface area contributed by atoms with Crippen LogP contribution in [0.15, 0.2) is 83.8 Å². The summed E-state index contributed by atoms with van der Waals surface area (Å²) in [7, 11) is -4.11. The average Bonchev–Trinajstić information content (AvgIpc) is 3.44. The van der Waals surface area contributed by atoms with Crippen molar-refractivity contribution in [2.24, 2.45) is 0 Å². The van der Waals surface area contributed by atoms with E-state index in [-0.39, 0.29) is 23.4 Å². The van der Waals surface area contributed by atoms with Gasteiger partial charge in [0.15, 0.2) is 0 Å². The lowest BCUT2D eigenvalue weighted by atomic mass is 10.1. The first kappa shape index (κ1) is 28.3. The van der Waals surface area contributed by atoms with Crippen LogP contribution in [0.5, 0.6) is 0 Å². The summed E-state index contributed by atoms with van der Waals surface area (Å²) < 4.78 is 42.2. The van der Waals surface area contributed by atoms with Crippen LogP contribution in [0.3, 0.4) is 0 Å². The third-order valence-corrected chi connectivity index (χ3v) is 8.82. The van der Waals surface area contributed by atoms with Crippen molar-refractivity contribution in [3.8, 4) is 0 Å². The van der Waals surface area contributed by atoms with Gasteiger partial charge in [-0.15, -0.1) is 0 Å². The molecule has 0 spiro atoms. The van der Waals surface area contributed by atoms with Crippen molar-refractivity contribution in [2.45, 2.75) is 63.1 Å². The Balaban J connectivity index is 1.67. The molecule has 0 unspecified atom stereocenters. The van der Waals surface area contributed by atoms with Crippen molar-refractivity contribution >= 4 is 27.5 Å². The Labute approximate surface area is 229 Å². The maximum absolute atomic E-state index is 13.9. The van der Waals surface area contributed by atoms with E-state index >= 15 is 0 Å². The van der Waals surface area contributed by atoms with Crippen LogP contribution in [0.4, 0.5) is 10.1 Å². The summed E-state index contributed by atoms with van der Waals surface area (Å²) >= 11 is 0. The third kappa shape index (κ3) is 7.03. The Morgan fingerprint density at radius 3 is 2.28 bits per heavy atom. The number of carbonyl (C=O) groups is 2. The number of hydrogen-bond acceptors (Lipinski definition) is 4. The molecule has 39 heavy (non-hydrogen) atoms. The molecule has 7 nitrogen and oxygen atoms in total. The van der Waals surface area contributed by atoms with Gasteiger partial charge in [0.25, 0.3) is 10.0 Å². The molecule has 0 aliphatic heterocycles. The van der Waals surface area contributed by atoms with E-state index < -0.39 is 34.3 Å². The first-order valence-electron chi connectivity index (χ1n) is 13.1. The van der Waals surface area contributed by atoms with Gasteiger partial charge in [-0.1, -0.05) is 55.3 Å². The normalized spacial score (nSPS) is 14.5. The Hall–Kier alpha value is -3.72. The quantitative estimate of drug-likeness (QED) is 0.392. The van der Waals surface area contributed by atoms with Crippen LogP contribution in [-0.4, -0.2) is 43.8 Å². The Kier molecular flexibility index (Phi) is 9.01. The maximum atomic E-state index is 13.9. The van der Waals surface area contributed by atoms with Gasteiger partial charge in [-0.05, 0) is 74.2 Å². The molecule has 4 rings (SSSR count). The van der Waals surface area contributed by atoms with Gasteiger partial charge in [0.2, 0.25) is 11.8 Å². The molecule has 0 heterocycles. The zero-order valence-electron chi connectivity index (χ0n) is 22.2. The minimum atomic E-state index is -4.11. The smallest absolute Gasteiger partial charge is 0.264 e. The highest BCUT2D eigenvalue weighted by Gasteiger charge is 2.33. The number of aryl methyl sites for hydroxylation is 1. The van der Waals surface area contributed by atoms with Crippen LogP contribution >= 0.6 is 0 Å². The molecule has 1 fully saturated rings. The van der Waals surface area contributed by atoms with Crippen LogP contribution in [-0.2, 0) is 26.2 Å². The van der Waals surface area contributed by atoms with E-state index in [1.165, 1.54) is 29.2 Å². The molecule has 0 saturated heterocycles. The molecule has 0 radical (unpaired) electrons. The Morgan fingerprint density at radius 2 is 1.64 bits per heavy atom. The summed E-state index contributed by atoms with van der Waals surface area (Å²) in [6.45, 7) is 2.98. The number of rotatable bonds is 10. The van der Waals surface area contributed by atoms with Gasteiger partial charge in [-0.2, -0.15) is 0 Å². The molecule has 1 aliphatic carbocycles. The number of nitrogens with zero attached hydrogens (tertiary/aromatic N) is 2. The highest BCUT2D eigenvalue weighted by atomic mass is 32.2. The lowest BCUT2D eigenvalue weighted by Gasteiger charge is -2.32. The second-order valence-electron chi connectivity index (χ2n) is 9.98. The first-order chi connectivity index (χ1) is 18.6. The summed E-state index contributed by atoms with van der Waals surface area (Å²) in [4.78, 5) is 28.5. The molecule has 206 valence electrons. The lowest BCUT2D eigenvalue weighted by Crippen LogP contribution is -2.52. The van der Waals surface area contributed by atoms with Crippen molar-refractivity contribution in [2.75, 3.05) is 10.8 Å². The number of halogens is 1. The van der Waals surface area contributed by atoms with E-state index in [4.69, 9.17) is 0 Å². The number of anilines is 1. The SMILES string of the molecule is Cc1cccc(N(CC(=O)N(Cc2ccc(F)cc2)[C@@H](C)C(=O)NC2CCCC2)S(=O)(=O)c2ccccc2)c1. The van der Waals surface area contributed by atoms with Gasteiger partial charge in [-0.3, -0.25) is 13.9 Å². The molecule has 3 aromatic rings. The molecule has 1 atom stereocenters. The summed E-state index contributed by atoms with van der Waals surface area (Å²) in [5.74, 6) is -1.26. The fourth-order valence-corrected chi connectivity index (χ4v) is 6.22. The summed E-state index contributed by atoms with van der Waals surface area (Å²) in [5.41, 5.74) is 1.80. The Morgan fingerprint density at radius 1 is 0.974 bits per heavy atom. The number of carbonyl (C=O) groups excluding carboxylic acids is 2. The molecule has 9 heteroatoms. The number of amides is 2. The van der Waals surface area contributed by atoms with Gasteiger partial charge in [0.1, 0.15) is 18.4 Å². The van der Waals surface area contributed by atoms with Gasteiger partial charge in [0, 0.05) is 12.6 Å². The minimum absolute atomic E-state index is 0.0193. The van der Waals surface area contributed by atoms with Crippen LogP contribution in [0, 0.1) is 12.7 Å². The van der Waals surface area contributed by atoms with Crippen LogP contribution in [0.1, 0.15) is 43.7 Å². The van der Waals surface area contributed by atoms with E-state index in [1.807, 2.05) is 13.0 Å². The number of nitrogens with one attached hydrogen (secondary N) is 1. The predicted octanol–water partition coefficient (Wildman–Crippen LogP) is 4.81. The van der Waals surface area contributed by atoms with Gasteiger partial charge >= 0.3 is 0 Å². The van der Waals surface area contributed by atoms with E-state index in [2.05, 4.69) is 5.32 Å². The Bertz CT molecular complexity index is 1390. The average molecular weight is 552 g/mol. The van der Waals surface area contributed by atoms with E-state index in [0.29, 0.717) is 11.3 Å². The summed E-state index contributed by atoms with van der Waals surface area (Å²) in [6, 6.07) is 19.7. The monoisotopic (exact) mass is 551 g/mol. The molecule has 3 aromatic carbocycles. The van der Waals surface area contributed by atoms with Crippen molar-refractivity contribution in [3.63, 3.8) is 0 Å². The first-order valence-corrected chi connectivity index (χ1v) is 14.6. The van der Waals surface area contributed by atoms with Gasteiger partial charge in [0.05, 0.1) is 10.6 Å². The number of sulfonamides is 1. The van der Waals surface area contributed by atoms with Gasteiger partial charge in [-0.25, -0.2) is 12.8 Å². The van der Waals surface area contributed by atoms with Crippen molar-refractivity contribution in [1.82, 2.24) is 10.2 Å². The third-order valence-electron chi connectivity index (χ3n) is 7.03. The van der Waals surface area contributed by atoms with Crippen LogP contribution < -0.4 is 9.62 Å². The summed E-state index contributed by atoms with van der Waals surface area (Å²) in [6.07, 6.45) is 3.86. The van der Waals surface area contributed by atoms with Crippen molar-refractivity contribution in [1.29, 1.82) is 0 Å². The predicted molar refractivity (Wildman–Crippen MR) is 149 cm³/mol. The molecule has 1 N–H and O–H groups in total. The molecule has 0 bridgehead atoms. The van der Waals surface area contributed by atoms with Crippen LogP contribution in [0.2, 0.25) is 0 Å². The maximum Gasteiger partial charge on any atom is 0.264 e. The number of hydrogen-bond donors (Lipinski definition) is 1. The van der Waals surface area contributed by atoms with E-state index in [0.717, 1.165) is 35.6 Å². The largest absolute Gasteiger partial charge is 0.352 e. The second-order valence-corrected chi connectivity index (χ2v) is 11.8. The molecule has 2 amide bonds. The fourth-order valence-electron chi connectivity index (χ4n) is 4.79. The molecule has 1 saturated carbocycles. The topological polar surface area (TPSA) is 86.8 Å². The zero-order chi connectivity index (χ0) is 28.0. The van der Waals surface area contributed by atoms with Crippen molar-refractivity contribution < 1.29 is 22.4 Å². The zero-order valence-corrected chi connectivity index (χ0v) is 23.0. The minimum Gasteiger partial charge on any atom is -0.352 e. The van der Waals surface area contributed by atoms with E-state index in [1.54, 1.807) is 55.5 Å². The highest BCUT2D eigenvalue weighted by molar-refractivity contribution is 7.92. The lowest BCUT2D eigenvalue weighted by molar-refractivity contribution is -0.139.